The van der Waals surface area contributed by atoms with Crippen molar-refractivity contribution in [2.45, 2.75) is 26.0 Å². The molecule has 0 radical (unpaired) electrons. The van der Waals surface area contributed by atoms with Crippen LogP contribution >= 0.6 is 0 Å². The zero-order chi connectivity index (χ0) is 21.1. The van der Waals surface area contributed by atoms with Crippen LogP contribution in [-0.4, -0.2) is 26.2 Å². The minimum absolute atomic E-state index is 0.0842. The number of ether oxygens (including phenoxy) is 3. The number of amides is 1. The lowest BCUT2D eigenvalue weighted by Gasteiger charge is -2.24. The lowest BCUT2D eigenvalue weighted by molar-refractivity contribution is 0.0980. The number of nitrogens with zero attached hydrogens (tertiary/aromatic N) is 1. The van der Waals surface area contributed by atoms with Gasteiger partial charge in [-0.15, -0.1) is 0 Å². The molecule has 0 spiro atoms. The van der Waals surface area contributed by atoms with Gasteiger partial charge in [-0.05, 0) is 42.7 Å². The average Bonchev–Trinajstić information content (AvgIpc) is 3.12. The summed E-state index contributed by atoms with van der Waals surface area (Å²) in [5.74, 6) is 1.33. The zero-order valence-electron chi connectivity index (χ0n) is 17.4. The number of benzene rings is 3. The second-order valence-electron chi connectivity index (χ2n) is 7.34. The van der Waals surface area contributed by atoms with Gasteiger partial charge in [-0.3, -0.25) is 4.79 Å². The van der Waals surface area contributed by atoms with E-state index in [2.05, 4.69) is 13.0 Å². The van der Waals surface area contributed by atoms with E-state index in [0.29, 0.717) is 29.4 Å². The number of rotatable bonds is 6. The molecule has 1 aliphatic rings. The van der Waals surface area contributed by atoms with Crippen molar-refractivity contribution in [1.29, 1.82) is 0 Å². The third-order valence-corrected chi connectivity index (χ3v) is 5.36. The van der Waals surface area contributed by atoms with Crippen LogP contribution in [0.25, 0.3) is 0 Å². The monoisotopic (exact) mass is 403 g/mol. The Balaban J connectivity index is 1.65. The highest BCUT2D eigenvalue weighted by atomic mass is 16.5. The van der Waals surface area contributed by atoms with Crippen LogP contribution in [0.5, 0.6) is 17.2 Å². The Morgan fingerprint density at radius 2 is 1.60 bits per heavy atom. The van der Waals surface area contributed by atoms with E-state index in [1.807, 2.05) is 53.4 Å². The molecule has 5 nitrogen and oxygen atoms in total. The predicted octanol–water partition coefficient (Wildman–Crippen LogP) is 4.87. The van der Waals surface area contributed by atoms with E-state index in [9.17, 15) is 4.79 Å². The van der Waals surface area contributed by atoms with E-state index in [0.717, 1.165) is 17.7 Å². The van der Waals surface area contributed by atoms with Crippen LogP contribution in [0.1, 0.15) is 28.4 Å². The van der Waals surface area contributed by atoms with E-state index in [4.69, 9.17) is 14.2 Å². The molecule has 0 bridgehead atoms. The molecule has 1 aliphatic heterocycles. The maximum atomic E-state index is 13.4. The summed E-state index contributed by atoms with van der Waals surface area (Å²) in [6.45, 7) is 2.43. The third kappa shape index (κ3) is 3.71. The van der Waals surface area contributed by atoms with E-state index in [1.54, 1.807) is 26.4 Å². The van der Waals surface area contributed by atoms with Crippen LogP contribution in [-0.2, 0) is 13.0 Å². The van der Waals surface area contributed by atoms with Gasteiger partial charge in [-0.1, -0.05) is 48.5 Å². The lowest BCUT2D eigenvalue weighted by Crippen LogP contribution is -2.35. The van der Waals surface area contributed by atoms with Gasteiger partial charge in [0.2, 0.25) is 5.75 Å². The SMILES string of the molecule is COc1cc(C(=O)N2c3ccccc3CC2C)cc(OC)c1OCc1ccccc1. The molecule has 0 aromatic heterocycles. The Morgan fingerprint density at radius 1 is 0.967 bits per heavy atom. The van der Waals surface area contributed by atoms with Gasteiger partial charge in [-0.25, -0.2) is 0 Å². The molecule has 1 amide bonds. The number of fused-ring (bicyclic) bond motifs is 1. The van der Waals surface area contributed by atoms with Gasteiger partial charge in [0, 0.05) is 17.3 Å². The number of carbonyl (C=O) groups is 1. The Hall–Kier alpha value is -3.47. The summed E-state index contributed by atoms with van der Waals surface area (Å²) in [7, 11) is 3.12. The number of hydrogen-bond acceptors (Lipinski definition) is 4. The lowest BCUT2D eigenvalue weighted by atomic mass is 10.1. The molecule has 0 fully saturated rings. The molecule has 4 rings (SSSR count). The van der Waals surface area contributed by atoms with Crippen LogP contribution in [0, 0.1) is 0 Å². The average molecular weight is 403 g/mol. The molecular formula is C25H25NO4. The summed E-state index contributed by atoms with van der Waals surface area (Å²) in [6, 6.07) is 21.4. The molecule has 5 heteroatoms. The van der Waals surface area contributed by atoms with Crippen LogP contribution < -0.4 is 19.1 Å². The number of carbonyl (C=O) groups excluding carboxylic acids is 1. The topological polar surface area (TPSA) is 48.0 Å². The fourth-order valence-corrected chi connectivity index (χ4v) is 3.89. The van der Waals surface area contributed by atoms with Gasteiger partial charge >= 0.3 is 0 Å². The van der Waals surface area contributed by atoms with Crippen molar-refractivity contribution in [2.24, 2.45) is 0 Å². The van der Waals surface area contributed by atoms with Gasteiger partial charge in [0.05, 0.1) is 14.2 Å². The highest BCUT2D eigenvalue weighted by Crippen LogP contribution is 2.41. The second-order valence-corrected chi connectivity index (χ2v) is 7.34. The summed E-state index contributed by atoms with van der Waals surface area (Å²) < 4.78 is 17.1. The molecule has 0 N–H and O–H groups in total. The molecule has 0 saturated heterocycles. The van der Waals surface area contributed by atoms with E-state index in [-0.39, 0.29) is 11.9 Å². The van der Waals surface area contributed by atoms with Crippen LogP contribution in [0.4, 0.5) is 5.69 Å². The summed E-state index contributed by atoms with van der Waals surface area (Å²) >= 11 is 0. The molecular weight excluding hydrogens is 378 g/mol. The molecule has 3 aromatic carbocycles. The minimum atomic E-state index is -0.0846. The number of hydrogen-bond donors (Lipinski definition) is 0. The van der Waals surface area contributed by atoms with Gasteiger partial charge < -0.3 is 19.1 Å². The molecule has 3 aromatic rings. The first-order chi connectivity index (χ1) is 14.6. The van der Waals surface area contributed by atoms with Crippen molar-refractivity contribution in [3.8, 4) is 17.2 Å². The maximum Gasteiger partial charge on any atom is 0.258 e. The predicted molar refractivity (Wildman–Crippen MR) is 117 cm³/mol. The van der Waals surface area contributed by atoms with Crippen molar-refractivity contribution in [1.82, 2.24) is 0 Å². The second kappa shape index (κ2) is 8.49. The Kier molecular flexibility index (Phi) is 5.61. The molecule has 1 unspecified atom stereocenters. The molecule has 1 atom stereocenters. The normalized spacial score (nSPS) is 14.9. The van der Waals surface area contributed by atoms with Crippen LogP contribution in [0.3, 0.4) is 0 Å². The van der Waals surface area contributed by atoms with Crippen molar-refractivity contribution in [2.75, 3.05) is 19.1 Å². The van der Waals surface area contributed by atoms with Crippen molar-refractivity contribution in [3.63, 3.8) is 0 Å². The quantitative estimate of drug-likeness (QED) is 0.589. The smallest absolute Gasteiger partial charge is 0.258 e. The zero-order valence-corrected chi connectivity index (χ0v) is 17.4. The first kappa shape index (κ1) is 19.8. The van der Waals surface area contributed by atoms with E-state index < -0.39 is 0 Å². The van der Waals surface area contributed by atoms with Gasteiger partial charge in [0.25, 0.3) is 5.91 Å². The molecule has 0 aliphatic carbocycles. The maximum absolute atomic E-state index is 13.4. The Bertz CT molecular complexity index is 1020. The summed E-state index contributed by atoms with van der Waals surface area (Å²) in [5.41, 5.74) is 3.67. The van der Waals surface area contributed by atoms with E-state index in [1.165, 1.54) is 5.56 Å². The highest BCUT2D eigenvalue weighted by Gasteiger charge is 2.32. The third-order valence-electron chi connectivity index (χ3n) is 5.36. The standard InChI is InChI=1S/C25H25NO4/c1-17-13-19-11-7-8-12-21(19)26(17)25(27)20-14-22(28-2)24(23(15-20)29-3)30-16-18-9-5-4-6-10-18/h4-12,14-15,17H,13,16H2,1-3H3. The largest absolute Gasteiger partial charge is 0.493 e. The van der Waals surface area contributed by atoms with Crippen molar-refractivity contribution in [3.05, 3.63) is 83.4 Å². The Labute approximate surface area is 176 Å². The Morgan fingerprint density at radius 3 is 2.27 bits per heavy atom. The number of para-hydroxylation sites is 1. The number of anilines is 1. The summed E-state index contributed by atoms with van der Waals surface area (Å²) in [6.07, 6.45) is 0.842. The van der Waals surface area contributed by atoms with Gasteiger partial charge in [0.15, 0.2) is 11.5 Å². The van der Waals surface area contributed by atoms with Crippen LogP contribution in [0.15, 0.2) is 66.7 Å². The van der Waals surface area contributed by atoms with Gasteiger partial charge in [-0.2, -0.15) is 0 Å². The summed E-state index contributed by atoms with van der Waals surface area (Å²) in [4.78, 5) is 15.3. The number of methoxy groups -OCH3 is 2. The first-order valence-electron chi connectivity index (χ1n) is 9.96. The fraction of sp³-hybridized carbons (Fsp3) is 0.240. The van der Waals surface area contributed by atoms with Gasteiger partial charge in [0.1, 0.15) is 6.61 Å². The van der Waals surface area contributed by atoms with Crippen molar-refractivity contribution >= 4 is 11.6 Å². The summed E-state index contributed by atoms with van der Waals surface area (Å²) in [5, 5.41) is 0. The van der Waals surface area contributed by atoms with E-state index >= 15 is 0 Å². The van der Waals surface area contributed by atoms with Crippen molar-refractivity contribution < 1.29 is 19.0 Å². The molecule has 154 valence electrons. The minimum Gasteiger partial charge on any atom is -0.493 e. The molecule has 1 heterocycles. The highest BCUT2D eigenvalue weighted by molar-refractivity contribution is 6.08. The molecule has 0 saturated carbocycles. The first-order valence-corrected chi connectivity index (χ1v) is 9.96. The molecule has 30 heavy (non-hydrogen) atoms. The van der Waals surface area contributed by atoms with Crippen LogP contribution in [0.2, 0.25) is 0 Å². The fourth-order valence-electron chi connectivity index (χ4n) is 3.89.